The van der Waals surface area contributed by atoms with Gasteiger partial charge in [0.15, 0.2) is 5.15 Å². The molecule has 0 spiro atoms. The standard InChI is InChI=1S/C30H28Cl3N5O5/c1-38-30(41)20(13-25(31)37-38)28(40)35-23-8-4-6-18(27(23)33)17-5-3-7-19(26(17)32)21-10-9-16(29(36-21)42-2)14-34-22-11-12-43-15-24(22)39/h3-10,13,22,24,34,39H,11-12,14-15H2,1-2H3,(H,35,40). The van der Waals surface area contributed by atoms with E-state index in [-0.39, 0.29) is 27.5 Å². The predicted octanol–water partition coefficient (Wildman–Crippen LogP) is 4.97. The zero-order valence-corrected chi connectivity index (χ0v) is 25.5. The lowest BCUT2D eigenvalue weighted by Crippen LogP contribution is -2.46. The van der Waals surface area contributed by atoms with E-state index in [4.69, 9.17) is 49.3 Å². The summed E-state index contributed by atoms with van der Waals surface area (Å²) in [6.45, 7) is 1.36. The first-order valence-corrected chi connectivity index (χ1v) is 14.5. The molecule has 0 saturated carbocycles. The molecule has 3 heterocycles. The molecule has 0 radical (unpaired) electrons. The van der Waals surface area contributed by atoms with E-state index in [1.165, 1.54) is 13.1 Å². The van der Waals surface area contributed by atoms with Gasteiger partial charge in [0.25, 0.3) is 11.5 Å². The van der Waals surface area contributed by atoms with Crippen LogP contribution in [0.5, 0.6) is 5.88 Å². The molecule has 5 rings (SSSR count). The summed E-state index contributed by atoms with van der Waals surface area (Å²) in [5.74, 6) is -0.251. The minimum absolute atomic E-state index is 0.00310. The molecule has 3 N–H and O–H groups in total. The number of benzene rings is 2. The average molecular weight is 645 g/mol. The van der Waals surface area contributed by atoms with Gasteiger partial charge in [0.05, 0.1) is 41.2 Å². The first-order valence-electron chi connectivity index (χ1n) is 13.3. The monoisotopic (exact) mass is 643 g/mol. The molecule has 1 aliphatic heterocycles. The Labute approximate surface area is 262 Å². The van der Waals surface area contributed by atoms with Gasteiger partial charge in [-0.15, -0.1) is 0 Å². The number of amides is 1. The number of pyridine rings is 1. The summed E-state index contributed by atoms with van der Waals surface area (Å²) in [4.78, 5) is 30.1. The Morgan fingerprint density at radius 1 is 1.09 bits per heavy atom. The molecule has 1 saturated heterocycles. The van der Waals surface area contributed by atoms with Gasteiger partial charge in [0, 0.05) is 48.5 Å². The van der Waals surface area contributed by atoms with Crippen LogP contribution >= 0.6 is 34.8 Å². The Kier molecular flexibility index (Phi) is 9.65. The molecule has 2 unspecified atom stereocenters. The fourth-order valence-corrected chi connectivity index (χ4v) is 5.65. The van der Waals surface area contributed by atoms with E-state index in [0.29, 0.717) is 59.5 Å². The average Bonchev–Trinajstić information content (AvgIpc) is 3.00. The van der Waals surface area contributed by atoms with Crippen LogP contribution in [0.1, 0.15) is 22.3 Å². The first-order chi connectivity index (χ1) is 20.7. The van der Waals surface area contributed by atoms with Gasteiger partial charge in [0.1, 0.15) is 5.56 Å². The van der Waals surface area contributed by atoms with Crippen molar-refractivity contribution in [1.82, 2.24) is 20.1 Å². The van der Waals surface area contributed by atoms with Gasteiger partial charge in [-0.05, 0) is 24.6 Å². The normalized spacial score (nSPS) is 16.6. The van der Waals surface area contributed by atoms with Crippen LogP contribution in [0.25, 0.3) is 22.4 Å². The van der Waals surface area contributed by atoms with Crippen molar-refractivity contribution in [3.63, 3.8) is 0 Å². The van der Waals surface area contributed by atoms with E-state index in [1.54, 1.807) is 25.3 Å². The van der Waals surface area contributed by atoms with Crippen molar-refractivity contribution in [1.29, 1.82) is 0 Å². The molecule has 4 aromatic rings. The summed E-state index contributed by atoms with van der Waals surface area (Å²) in [5, 5.41) is 20.7. The first kappa shape index (κ1) is 30.9. The topological polar surface area (TPSA) is 128 Å². The van der Waals surface area contributed by atoms with Gasteiger partial charge in [-0.3, -0.25) is 9.59 Å². The number of anilines is 1. The molecule has 43 heavy (non-hydrogen) atoms. The van der Waals surface area contributed by atoms with Crippen molar-refractivity contribution in [2.24, 2.45) is 7.05 Å². The Morgan fingerprint density at radius 3 is 2.56 bits per heavy atom. The number of halogens is 3. The number of aliphatic hydroxyl groups excluding tert-OH is 1. The van der Waals surface area contributed by atoms with Gasteiger partial charge in [-0.2, -0.15) is 5.10 Å². The van der Waals surface area contributed by atoms with Crippen LogP contribution in [0.3, 0.4) is 0 Å². The predicted molar refractivity (Wildman–Crippen MR) is 166 cm³/mol. The van der Waals surface area contributed by atoms with Crippen LogP contribution < -0.4 is 20.9 Å². The molecule has 1 amide bonds. The third-order valence-electron chi connectivity index (χ3n) is 7.10. The van der Waals surface area contributed by atoms with Gasteiger partial charge in [-0.25, -0.2) is 9.67 Å². The summed E-state index contributed by atoms with van der Waals surface area (Å²) >= 11 is 19.6. The lowest BCUT2D eigenvalue weighted by atomic mass is 10.00. The second-order valence-electron chi connectivity index (χ2n) is 9.88. The van der Waals surface area contributed by atoms with Crippen LogP contribution in [0, 0.1) is 0 Å². The molecule has 1 aliphatic rings. The minimum Gasteiger partial charge on any atom is -0.481 e. The SMILES string of the molecule is COc1nc(-c2cccc(-c3cccc(NC(=O)c4cc(Cl)nn(C)c4=O)c3Cl)c2Cl)ccc1CNC1CCOCC1O. The Hall–Kier alpha value is -3.51. The van der Waals surface area contributed by atoms with Crippen molar-refractivity contribution in [2.45, 2.75) is 25.1 Å². The largest absolute Gasteiger partial charge is 0.481 e. The van der Waals surface area contributed by atoms with Crippen molar-refractivity contribution in [3.05, 3.63) is 91.3 Å². The number of hydrogen-bond acceptors (Lipinski definition) is 8. The van der Waals surface area contributed by atoms with E-state index < -0.39 is 17.6 Å². The van der Waals surface area contributed by atoms with Crippen LogP contribution in [0.15, 0.2) is 59.4 Å². The van der Waals surface area contributed by atoms with E-state index in [0.717, 1.165) is 10.2 Å². The van der Waals surface area contributed by atoms with Gasteiger partial charge in [-0.1, -0.05) is 71.2 Å². The van der Waals surface area contributed by atoms with E-state index >= 15 is 0 Å². The number of carbonyl (C=O) groups excluding carboxylic acids is 1. The van der Waals surface area contributed by atoms with Crippen LogP contribution in [0.4, 0.5) is 5.69 Å². The van der Waals surface area contributed by atoms with Crippen molar-refractivity contribution >= 4 is 46.4 Å². The van der Waals surface area contributed by atoms with Gasteiger partial charge < -0.3 is 25.2 Å². The lowest BCUT2D eigenvalue weighted by molar-refractivity contribution is -0.0281. The molecule has 0 aliphatic carbocycles. The number of methoxy groups -OCH3 is 1. The zero-order valence-electron chi connectivity index (χ0n) is 23.2. The summed E-state index contributed by atoms with van der Waals surface area (Å²) in [7, 11) is 2.95. The van der Waals surface area contributed by atoms with E-state index in [2.05, 4.69) is 15.7 Å². The smallest absolute Gasteiger partial charge is 0.279 e. The maximum atomic E-state index is 12.9. The number of aryl methyl sites for hydroxylation is 1. The highest BCUT2D eigenvalue weighted by Gasteiger charge is 2.24. The highest BCUT2D eigenvalue weighted by Crippen LogP contribution is 2.41. The number of ether oxygens (including phenoxy) is 2. The van der Waals surface area contributed by atoms with Crippen molar-refractivity contribution in [2.75, 3.05) is 25.6 Å². The molecule has 224 valence electrons. The second-order valence-corrected chi connectivity index (χ2v) is 11.0. The number of carbonyl (C=O) groups is 1. The number of aliphatic hydroxyl groups is 1. The van der Waals surface area contributed by atoms with Crippen molar-refractivity contribution in [3.8, 4) is 28.3 Å². The number of nitrogens with one attached hydrogen (secondary N) is 2. The number of nitrogens with zero attached hydrogens (tertiary/aromatic N) is 3. The van der Waals surface area contributed by atoms with Crippen LogP contribution in [-0.2, 0) is 18.3 Å². The quantitative estimate of drug-likeness (QED) is 0.245. The maximum absolute atomic E-state index is 12.9. The summed E-state index contributed by atoms with van der Waals surface area (Å²) in [6.07, 6.45) is 0.134. The molecule has 2 aromatic carbocycles. The fraction of sp³-hybridized carbons (Fsp3) is 0.267. The third kappa shape index (κ3) is 6.70. The van der Waals surface area contributed by atoms with Crippen molar-refractivity contribution < 1.29 is 19.4 Å². The van der Waals surface area contributed by atoms with Crippen LogP contribution in [0.2, 0.25) is 15.2 Å². The van der Waals surface area contributed by atoms with Gasteiger partial charge >= 0.3 is 0 Å². The molecular weight excluding hydrogens is 617 g/mol. The highest BCUT2D eigenvalue weighted by atomic mass is 35.5. The molecular formula is C30H28Cl3N5O5. The van der Waals surface area contributed by atoms with Crippen LogP contribution in [-0.4, -0.2) is 58.2 Å². The Balaban J connectivity index is 1.41. The Morgan fingerprint density at radius 2 is 1.81 bits per heavy atom. The third-order valence-corrected chi connectivity index (χ3v) is 8.10. The fourth-order valence-electron chi connectivity index (χ4n) is 4.83. The summed E-state index contributed by atoms with van der Waals surface area (Å²) < 4.78 is 11.9. The molecule has 13 heteroatoms. The highest BCUT2D eigenvalue weighted by molar-refractivity contribution is 6.39. The van der Waals surface area contributed by atoms with E-state index in [9.17, 15) is 14.7 Å². The number of hydrogen-bond donors (Lipinski definition) is 3. The van der Waals surface area contributed by atoms with Gasteiger partial charge in [0.2, 0.25) is 5.88 Å². The summed E-state index contributed by atoms with van der Waals surface area (Å²) in [6, 6.07) is 15.5. The molecule has 1 fully saturated rings. The lowest BCUT2D eigenvalue weighted by Gasteiger charge is -2.28. The molecule has 0 bridgehead atoms. The zero-order chi connectivity index (χ0) is 30.7. The number of rotatable bonds is 8. The molecule has 2 aromatic heterocycles. The molecule has 2 atom stereocenters. The Bertz CT molecular complexity index is 1730. The second kappa shape index (κ2) is 13.4. The number of aromatic nitrogens is 3. The molecule has 10 nitrogen and oxygen atoms in total. The maximum Gasteiger partial charge on any atom is 0.279 e. The minimum atomic E-state index is -0.680. The van der Waals surface area contributed by atoms with E-state index in [1.807, 2.05) is 30.3 Å². The summed E-state index contributed by atoms with van der Waals surface area (Å²) in [5.41, 5.74) is 2.75.